The van der Waals surface area contributed by atoms with Crippen molar-refractivity contribution in [2.45, 2.75) is 26.3 Å². The lowest BCUT2D eigenvalue weighted by Gasteiger charge is -2.37. The Morgan fingerprint density at radius 2 is 1.76 bits per heavy atom. The van der Waals surface area contributed by atoms with E-state index in [1.165, 1.54) is 27.1 Å². The van der Waals surface area contributed by atoms with E-state index in [0.717, 1.165) is 18.5 Å². The molecule has 2 aromatic carbocycles. The Balaban J connectivity index is 1.79. The van der Waals surface area contributed by atoms with Gasteiger partial charge in [0.25, 0.3) is 5.91 Å². The summed E-state index contributed by atoms with van der Waals surface area (Å²) in [5.74, 6) is 0.116. The number of aryl methyl sites for hydroxylation is 2. The molecule has 3 aromatic rings. The van der Waals surface area contributed by atoms with Crippen molar-refractivity contribution >= 4 is 17.2 Å². The zero-order valence-corrected chi connectivity index (χ0v) is 15.3. The van der Waals surface area contributed by atoms with Crippen LogP contribution in [0.2, 0.25) is 0 Å². The number of fused-ring (bicyclic) bond motifs is 1. The molecule has 2 nitrogen and oxygen atoms in total. The van der Waals surface area contributed by atoms with Crippen LogP contribution in [-0.4, -0.2) is 17.4 Å². The second kappa shape index (κ2) is 6.49. The molecule has 4 rings (SSSR count). The first kappa shape index (κ1) is 16.1. The average Bonchev–Trinajstić information content (AvgIpc) is 3.10. The van der Waals surface area contributed by atoms with E-state index in [1.54, 1.807) is 11.3 Å². The summed E-state index contributed by atoms with van der Waals surface area (Å²) in [6.07, 6.45) is 0.937. The third kappa shape index (κ3) is 2.89. The third-order valence-electron chi connectivity index (χ3n) is 5.01. The summed E-state index contributed by atoms with van der Waals surface area (Å²) in [6.45, 7) is 4.94. The number of nitrogens with zero attached hydrogens (tertiary/aromatic N) is 1. The number of carbonyl (C=O) groups is 1. The topological polar surface area (TPSA) is 20.3 Å². The molecule has 0 saturated heterocycles. The van der Waals surface area contributed by atoms with Gasteiger partial charge in [-0.05, 0) is 60.5 Å². The Morgan fingerprint density at radius 1 is 1.00 bits per heavy atom. The van der Waals surface area contributed by atoms with Gasteiger partial charge in [-0.3, -0.25) is 4.79 Å². The quantitative estimate of drug-likeness (QED) is 0.627. The van der Waals surface area contributed by atoms with Gasteiger partial charge < -0.3 is 4.90 Å². The predicted octanol–water partition coefficient (Wildman–Crippen LogP) is 5.15. The van der Waals surface area contributed by atoms with Crippen LogP contribution in [0.3, 0.4) is 0 Å². The summed E-state index contributed by atoms with van der Waals surface area (Å²) in [5.41, 5.74) is 5.68. The maximum absolute atomic E-state index is 13.3. The minimum Gasteiger partial charge on any atom is -0.327 e. The molecule has 3 heteroatoms. The molecule has 1 aliphatic rings. The van der Waals surface area contributed by atoms with Crippen LogP contribution < -0.4 is 0 Å². The third-order valence-corrected chi connectivity index (χ3v) is 6.00. The zero-order valence-electron chi connectivity index (χ0n) is 14.5. The summed E-state index contributed by atoms with van der Waals surface area (Å²) >= 11 is 1.80. The molecule has 126 valence electrons. The average molecular weight is 347 g/mol. The van der Waals surface area contributed by atoms with Crippen LogP contribution in [0.15, 0.2) is 60.0 Å². The van der Waals surface area contributed by atoms with Gasteiger partial charge >= 0.3 is 0 Å². The number of hydrogen-bond acceptors (Lipinski definition) is 2. The molecule has 0 fully saturated rings. The molecule has 0 N–H and O–H groups in total. The van der Waals surface area contributed by atoms with Gasteiger partial charge in [0.15, 0.2) is 0 Å². The molecule has 2 heterocycles. The van der Waals surface area contributed by atoms with Crippen molar-refractivity contribution in [3.05, 3.63) is 92.7 Å². The Bertz CT molecular complexity index is 910. The van der Waals surface area contributed by atoms with Gasteiger partial charge in [0.2, 0.25) is 0 Å². The lowest BCUT2D eigenvalue weighted by Crippen LogP contribution is -2.40. The minimum absolute atomic E-state index is 0.00463. The van der Waals surface area contributed by atoms with E-state index in [1.807, 2.05) is 36.1 Å². The van der Waals surface area contributed by atoms with Gasteiger partial charge in [0, 0.05) is 17.0 Å². The van der Waals surface area contributed by atoms with Crippen molar-refractivity contribution in [2.75, 3.05) is 6.54 Å². The highest BCUT2D eigenvalue weighted by molar-refractivity contribution is 7.10. The van der Waals surface area contributed by atoms with Gasteiger partial charge in [0.1, 0.15) is 0 Å². The fourth-order valence-corrected chi connectivity index (χ4v) is 4.53. The van der Waals surface area contributed by atoms with Crippen molar-refractivity contribution in [2.24, 2.45) is 0 Å². The molecule has 1 amide bonds. The molecule has 1 aliphatic heterocycles. The van der Waals surface area contributed by atoms with Crippen LogP contribution in [0, 0.1) is 13.8 Å². The van der Waals surface area contributed by atoms with Crippen LogP contribution in [0.4, 0.5) is 0 Å². The summed E-state index contributed by atoms with van der Waals surface area (Å²) in [6, 6.07) is 18.5. The van der Waals surface area contributed by atoms with E-state index in [2.05, 4.69) is 42.6 Å². The first-order valence-electron chi connectivity index (χ1n) is 8.64. The van der Waals surface area contributed by atoms with Crippen LogP contribution in [-0.2, 0) is 6.42 Å². The molecule has 0 spiro atoms. The highest BCUT2D eigenvalue weighted by Gasteiger charge is 2.33. The largest absolute Gasteiger partial charge is 0.327 e. The molecule has 0 bridgehead atoms. The SMILES string of the molecule is Cc1ccc(C(=O)N2CCc3sccc3[C@H]2c2ccccc2C)cc1. The molecular weight excluding hydrogens is 326 g/mol. The molecule has 1 atom stereocenters. The number of rotatable bonds is 2. The van der Waals surface area contributed by atoms with E-state index in [4.69, 9.17) is 0 Å². The second-order valence-corrected chi connectivity index (χ2v) is 7.67. The second-order valence-electron chi connectivity index (χ2n) is 6.67. The van der Waals surface area contributed by atoms with Crippen molar-refractivity contribution in [1.82, 2.24) is 4.90 Å². The Morgan fingerprint density at radius 3 is 2.52 bits per heavy atom. The van der Waals surface area contributed by atoms with Crippen LogP contribution in [0.25, 0.3) is 0 Å². The van der Waals surface area contributed by atoms with Crippen LogP contribution in [0.1, 0.15) is 43.5 Å². The summed E-state index contributed by atoms with van der Waals surface area (Å²) < 4.78 is 0. The first-order chi connectivity index (χ1) is 12.1. The predicted molar refractivity (Wildman–Crippen MR) is 103 cm³/mol. The van der Waals surface area contributed by atoms with Crippen LogP contribution in [0.5, 0.6) is 0 Å². The van der Waals surface area contributed by atoms with E-state index >= 15 is 0 Å². The highest BCUT2D eigenvalue weighted by atomic mass is 32.1. The van der Waals surface area contributed by atoms with E-state index in [-0.39, 0.29) is 11.9 Å². The van der Waals surface area contributed by atoms with E-state index in [9.17, 15) is 4.79 Å². The minimum atomic E-state index is 0.00463. The van der Waals surface area contributed by atoms with Gasteiger partial charge in [-0.1, -0.05) is 42.0 Å². The summed E-state index contributed by atoms with van der Waals surface area (Å²) in [7, 11) is 0. The van der Waals surface area contributed by atoms with Gasteiger partial charge in [-0.25, -0.2) is 0 Å². The molecule has 0 radical (unpaired) electrons. The number of thiophene rings is 1. The van der Waals surface area contributed by atoms with Crippen molar-refractivity contribution in [1.29, 1.82) is 0 Å². The zero-order chi connectivity index (χ0) is 17.4. The smallest absolute Gasteiger partial charge is 0.254 e. The number of hydrogen-bond donors (Lipinski definition) is 0. The Kier molecular flexibility index (Phi) is 4.18. The number of carbonyl (C=O) groups excluding carboxylic acids is 1. The normalized spacial score (nSPS) is 16.6. The molecule has 0 aliphatic carbocycles. The molecule has 25 heavy (non-hydrogen) atoms. The standard InChI is InChI=1S/C22H21NOS/c1-15-7-9-17(10-8-15)22(24)23-13-11-20-19(12-14-25-20)21(23)18-6-4-3-5-16(18)2/h3-10,12,14,21H,11,13H2,1-2H3/t21-/m1/s1. The monoisotopic (exact) mass is 347 g/mol. The van der Waals surface area contributed by atoms with E-state index < -0.39 is 0 Å². The maximum atomic E-state index is 13.3. The molecule has 0 saturated carbocycles. The van der Waals surface area contributed by atoms with Crippen molar-refractivity contribution in [3.63, 3.8) is 0 Å². The van der Waals surface area contributed by atoms with E-state index in [0.29, 0.717) is 0 Å². The maximum Gasteiger partial charge on any atom is 0.254 e. The Hall–Kier alpha value is -2.39. The van der Waals surface area contributed by atoms with Crippen LogP contribution >= 0.6 is 11.3 Å². The van der Waals surface area contributed by atoms with Crippen molar-refractivity contribution < 1.29 is 4.79 Å². The first-order valence-corrected chi connectivity index (χ1v) is 9.52. The summed E-state index contributed by atoms with van der Waals surface area (Å²) in [4.78, 5) is 16.7. The lowest BCUT2D eigenvalue weighted by molar-refractivity contribution is 0.0696. The fraction of sp³-hybridized carbons (Fsp3) is 0.227. The lowest BCUT2D eigenvalue weighted by atomic mass is 9.90. The van der Waals surface area contributed by atoms with Gasteiger partial charge in [-0.2, -0.15) is 0 Å². The summed E-state index contributed by atoms with van der Waals surface area (Å²) in [5, 5.41) is 2.15. The van der Waals surface area contributed by atoms with Gasteiger partial charge in [0.05, 0.1) is 6.04 Å². The number of benzene rings is 2. The van der Waals surface area contributed by atoms with Gasteiger partial charge in [-0.15, -0.1) is 11.3 Å². The van der Waals surface area contributed by atoms with Crippen molar-refractivity contribution in [3.8, 4) is 0 Å². The Labute approximate surface area is 152 Å². The molecular formula is C22H21NOS. The number of amides is 1. The molecule has 1 aromatic heterocycles. The fourth-order valence-electron chi connectivity index (χ4n) is 3.63. The highest BCUT2D eigenvalue weighted by Crippen LogP contribution is 2.39. The molecule has 0 unspecified atom stereocenters.